The van der Waals surface area contributed by atoms with Crippen LogP contribution in [-0.2, 0) is 4.79 Å². The van der Waals surface area contributed by atoms with Gasteiger partial charge in [0.05, 0.1) is 39.4 Å². The number of carbonyl (C=O) groups excluding carboxylic acids is 1. The van der Waals surface area contributed by atoms with Crippen LogP contribution >= 0.6 is 0 Å². The third-order valence-corrected chi connectivity index (χ3v) is 9.02. The number of anilines is 2. The van der Waals surface area contributed by atoms with Crippen molar-refractivity contribution in [1.82, 2.24) is 29.4 Å². The minimum Gasteiger partial charge on any atom is -0.396 e. The van der Waals surface area contributed by atoms with E-state index in [-0.39, 0.29) is 58.0 Å². The zero-order valence-corrected chi connectivity index (χ0v) is 25.1. The molecule has 2 atom stereocenters. The number of carbonyl (C=O) groups is 1. The summed E-state index contributed by atoms with van der Waals surface area (Å²) in [7, 11) is 0. The Morgan fingerprint density at radius 1 is 1.09 bits per heavy atom. The van der Waals surface area contributed by atoms with Crippen LogP contribution in [0, 0.1) is 17.1 Å². The van der Waals surface area contributed by atoms with Crippen molar-refractivity contribution in [1.29, 1.82) is 5.26 Å². The van der Waals surface area contributed by atoms with Gasteiger partial charge in [0.1, 0.15) is 24.0 Å². The number of pyridine rings is 1. The summed E-state index contributed by atoms with van der Waals surface area (Å²) < 4.78 is 16.1. The Labute approximate surface area is 258 Å². The van der Waals surface area contributed by atoms with Crippen LogP contribution < -0.4 is 16.3 Å². The molecular weight excluding hydrogens is 573 g/mol. The molecule has 3 aromatic heterocycles. The highest BCUT2D eigenvalue weighted by molar-refractivity contribution is 5.94. The first-order valence-corrected chi connectivity index (χ1v) is 15.2. The number of nitrogens with zero attached hydrogens (tertiary/aromatic N) is 8. The molecule has 1 aromatic carbocycles. The van der Waals surface area contributed by atoms with Crippen molar-refractivity contribution in [3.63, 3.8) is 0 Å². The summed E-state index contributed by atoms with van der Waals surface area (Å²) in [4.78, 5) is 49.5. The van der Waals surface area contributed by atoms with E-state index in [4.69, 9.17) is 10.7 Å². The molecule has 4 heterocycles. The summed E-state index contributed by atoms with van der Waals surface area (Å²) >= 11 is 0. The Morgan fingerprint density at radius 3 is 2.40 bits per heavy atom. The maximum absolute atomic E-state index is 14.7. The summed E-state index contributed by atoms with van der Waals surface area (Å²) in [5.74, 6) is -0.0659. The van der Waals surface area contributed by atoms with Gasteiger partial charge in [-0.2, -0.15) is 10.2 Å². The highest BCUT2D eigenvalue weighted by Gasteiger charge is 2.38. The van der Waals surface area contributed by atoms with Crippen molar-refractivity contribution in [3.05, 3.63) is 76.5 Å². The van der Waals surface area contributed by atoms with E-state index in [1.807, 2.05) is 18.7 Å². The molecule has 12 heteroatoms. The van der Waals surface area contributed by atoms with Gasteiger partial charge in [-0.15, -0.1) is 0 Å². The smallest absolute Gasteiger partial charge is 0.355 e. The third kappa shape index (κ3) is 4.79. The Balaban J connectivity index is 1.53. The molecule has 228 valence electrons. The number of hydrogen-bond acceptors (Lipinski definition) is 9. The molecule has 3 fully saturated rings. The lowest BCUT2D eigenvalue weighted by atomic mass is 10.0. The van der Waals surface area contributed by atoms with Crippen LogP contribution in [0.5, 0.6) is 0 Å². The van der Waals surface area contributed by atoms with E-state index >= 15 is 0 Å². The number of fused-ring (bicyclic) bond motifs is 1. The number of halogens is 1. The molecule has 2 aliphatic carbocycles. The molecule has 1 amide bonds. The van der Waals surface area contributed by atoms with Crippen LogP contribution in [0.2, 0.25) is 0 Å². The van der Waals surface area contributed by atoms with Crippen LogP contribution in [-0.4, -0.2) is 60.5 Å². The first-order chi connectivity index (χ1) is 21.7. The number of nitriles is 1. The van der Waals surface area contributed by atoms with Crippen molar-refractivity contribution in [3.8, 4) is 23.0 Å². The van der Waals surface area contributed by atoms with Gasteiger partial charge in [0.25, 0.3) is 0 Å². The van der Waals surface area contributed by atoms with Crippen molar-refractivity contribution in [2.24, 2.45) is 0 Å². The molecule has 3 aliphatic rings. The van der Waals surface area contributed by atoms with E-state index in [1.54, 1.807) is 23.4 Å². The largest absolute Gasteiger partial charge is 0.396 e. The van der Waals surface area contributed by atoms with E-state index in [1.165, 1.54) is 22.8 Å². The minimum absolute atomic E-state index is 0.144. The molecular formula is C33H32FN9O2. The lowest BCUT2D eigenvalue weighted by molar-refractivity contribution is -0.128. The summed E-state index contributed by atoms with van der Waals surface area (Å²) in [6.45, 7) is 8.29. The van der Waals surface area contributed by atoms with Gasteiger partial charge in [0.2, 0.25) is 5.91 Å². The lowest BCUT2D eigenvalue weighted by Crippen LogP contribution is -2.58. The number of amides is 1. The molecule has 0 unspecified atom stereocenters. The molecule has 0 bridgehead atoms. The number of aromatic nitrogens is 5. The Bertz CT molecular complexity index is 1960. The van der Waals surface area contributed by atoms with Gasteiger partial charge in [-0.1, -0.05) is 18.7 Å². The van der Waals surface area contributed by atoms with E-state index in [0.29, 0.717) is 30.0 Å². The number of benzene rings is 1. The van der Waals surface area contributed by atoms with E-state index in [0.717, 1.165) is 37.1 Å². The van der Waals surface area contributed by atoms with Crippen molar-refractivity contribution >= 4 is 28.4 Å². The second-order valence-corrected chi connectivity index (χ2v) is 12.2. The third-order valence-electron chi connectivity index (χ3n) is 9.02. The summed E-state index contributed by atoms with van der Waals surface area (Å²) in [6, 6.07) is 7.79. The summed E-state index contributed by atoms with van der Waals surface area (Å²) in [6.07, 6.45) is 6.67. The van der Waals surface area contributed by atoms with Gasteiger partial charge in [0, 0.05) is 42.6 Å². The van der Waals surface area contributed by atoms with E-state index < -0.39 is 11.5 Å². The second-order valence-electron chi connectivity index (χ2n) is 12.2. The molecule has 0 radical (unpaired) electrons. The van der Waals surface area contributed by atoms with Crippen molar-refractivity contribution < 1.29 is 9.18 Å². The average Bonchev–Trinajstić information content (AvgIpc) is 3.96. The van der Waals surface area contributed by atoms with E-state index in [2.05, 4.69) is 27.6 Å². The molecule has 1 aliphatic heterocycles. The minimum atomic E-state index is -0.635. The molecule has 45 heavy (non-hydrogen) atoms. The van der Waals surface area contributed by atoms with Crippen LogP contribution in [0.4, 0.5) is 15.9 Å². The Hall–Kier alpha value is -5.18. The van der Waals surface area contributed by atoms with Crippen LogP contribution in [0.15, 0.2) is 48.0 Å². The summed E-state index contributed by atoms with van der Waals surface area (Å²) in [5, 5.41) is 10.8. The number of nitrogen functional groups attached to an aromatic ring is 1. The maximum Gasteiger partial charge on any atom is 0.355 e. The van der Waals surface area contributed by atoms with Gasteiger partial charge < -0.3 is 15.5 Å². The Kier molecular flexibility index (Phi) is 6.84. The highest BCUT2D eigenvalue weighted by Crippen LogP contribution is 2.47. The summed E-state index contributed by atoms with van der Waals surface area (Å²) in [5.41, 5.74) is 8.43. The number of hydrogen-bond donors (Lipinski definition) is 1. The van der Waals surface area contributed by atoms with E-state index in [9.17, 15) is 19.2 Å². The normalized spacial score (nSPS) is 19.9. The number of rotatable bonds is 6. The topological polar surface area (TPSA) is 147 Å². The quantitative estimate of drug-likeness (QED) is 0.252. The fourth-order valence-corrected chi connectivity index (χ4v) is 6.38. The molecule has 2 saturated carbocycles. The molecule has 4 aromatic rings. The predicted octanol–water partition coefficient (Wildman–Crippen LogP) is 4.20. The average molecular weight is 606 g/mol. The van der Waals surface area contributed by atoms with Crippen LogP contribution in [0.3, 0.4) is 0 Å². The lowest BCUT2D eigenvalue weighted by Gasteiger charge is -2.44. The molecule has 1 saturated heterocycles. The number of nitrogens with two attached hydrogens (primary N) is 1. The molecule has 11 nitrogen and oxygen atoms in total. The predicted molar refractivity (Wildman–Crippen MR) is 167 cm³/mol. The molecule has 7 rings (SSSR count). The molecule has 2 N–H and O–H groups in total. The van der Waals surface area contributed by atoms with Crippen LogP contribution in [0.1, 0.15) is 68.3 Å². The van der Waals surface area contributed by atoms with Gasteiger partial charge in [0.15, 0.2) is 5.65 Å². The maximum atomic E-state index is 14.7. The molecule has 0 spiro atoms. The first-order valence-electron chi connectivity index (χ1n) is 15.2. The highest BCUT2D eigenvalue weighted by atomic mass is 19.1. The van der Waals surface area contributed by atoms with Crippen molar-refractivity contribution in [2.75, 3.05) is 23.7 Å². The second kappa shape index (κ2) is 10.8. The number of para-hydroxylation sites is 1. The van der Waals surface area contributed by atoms with Crippen molar-refractivity contribution in [2.45, 2.75) is 63.5 Å². The van der Waals surface area contributed by atoms with Gasteiger partial charge in [-0.3, -0.25) is 4.79 Å². The Morgan fingerprint density at radius 2 is 1.78 bits per heavy atom. The fraction of sp³-hybridized carbons (Fsp3) is 0.364. The zero-order valence-electron chi connectivity index (χ0n) is 25.1. The standard InChI is InChI=1S/C33H32FN9O2/c1-4-25(44)41-14-18(3)42(15-17(41)2)31-23-12-21(13-35)27(22-6-5-7-24(34)26(22)36)39-32(23)43(33(45)40-31)30-28(19-8-9-19)37-16-38-29(30)20-10-11-20/h4-7,12,16-20H,1,8-11,14-15,36H2,2-3H3/t17-,18+/m1/s1. The monoisotopic (exact) mass is 605 g/mol. The van der Waals surface area contributed by atoms with Gasteiger partial charge in [-0.05, 0) is 57.7 Å². The SMILES string of the molecule is C=CC(=O)N1C[C@H](C)N(c2nc(=O)n(-c3c(C4CC4)ncnc3C3CC3)c3nc(-c4cccc(F)c4N)c(C#N)cc23)C[C@H]1C. The first kappa shape index (κ1) is 28.6. The number of piperazine rings is 1. The fourth-order valence-electron chi connectivity index (χ4n) is 6.38. The van der Waals surface area contributed by atoms with Gasteiger partial charge >= 0.3 is 5.69 Å². The zero-order chi connectivity index (χ0) is 31.6. The van der Waals surface area contributed by atoms with Crippen LogP contribution in [0.25, 0.3) is 28.0 Å². The van der Waals surface area contributed by atoms with Gasteiger partial charge in [-0.25, -0.2) is 28.7 Å².